The Morgan fingerprint density at radius 1 is 1.36 bits per heavy atom. The summed E-state index contributed by atoms with van der Waals surface area (Å²) in [5.41, 5.74) is 7.47. The topological polar surface area (TPSA) is 84.2 Å². The van der Waals surface area contributed by atoms with Crippen LogP contribution in [0, 0.1) is 12.8 Å². The van der Waals surface area contributed by atoms with Gasteiger partial charge in [0.25, 0.3) is 0 Å². The van der Waals surface area contributed by atoms with Crippen molar-refractivity contribution in [3.8, 4) is 0 Å². The van der Waals surface area contributed by atoms with Crippen LogP contribution in [0.3, 0.4) is 0 Å². The number of anilines is 1. The zero-order valence-corrected chi connectivity index (χ0v) is 15.4. The van der Waals surface area contributed by atoms with Gasteiger partial charge in [-0.3, -0.25) is 9.59 Å². The number of nitrogens with one attached hydrogen (secondary N) is 2. The second-order valence-electron chi connectivity index (χ2n) is 5.14. The molecule has 0 fully saturated rings. The van der Waals surface area contributed by atoms with Gasteiger partial charge >= 0.3 is 0 Å². The predicted molar refractivity (Wildman–Crippen MR) is 95.2 cm³/mol. The molecular weight excluding hydrogens is 370 g/mol. The number of aryl methyl sites for hydroxylation is 1. The minimum atomic E-state index is -0.586. The molecule has 1 aromatic rings. The molecule has 0 saturated carbocycles. The summed E-state index contributed by atoms with van der Waals surface area (Å²) in [5, 5.41) is 5.32. The van der Waals surface area contributed by atoms with E-state index in [2.05, 4.69) is 26.6 Å². The van der Waals surface area contributed by atoms with E-state index in [0.717, 1.165) is 22.1 Å². The van der Waals surface area contributed by atoms with E-state index in [0.29, 0.717) is 0 Å². The fourth-order valence-corrected chi connectivity index (χ4v) is 2.23. The smallest absolute Gasteiger partial charge is 0.243 e. The third-order valence-electron chi connectivity index (χ3n) is 3.45. The zero-order valence-electron chi connectivity index (χ0n) is 13.0. The van der Waals surface area contributed by atoms with E-state index in [1.54, 1.807) is 0 Å². The Hall–Kier alpha value is -1.11. The van der Waals surface area contributed by atoms with Gasteiger partial charge in [0, 0.05) is 10.2 Å². The molecule has 0 aliphatic heterocycles. The van der Waals surface area contributed by atoms with Crippen LogP contribution in [0.1, 0.15) is 25.8 Å². The summed E-state index contributed by atoms with van der Waals surface area (Å²) < 4.78 is 0.950. The van der Waals surface area contributed by atoms with Crippen molar-refractivity contribution in [2.75, 3.05) is 11.9 Å². The molecular formula is C15H23BrClN3O2. The molecule has 5 nitrogen and oxygen atoms in total. The van der Waals surface area contributed by atoms with E-state index in [9.17, 15) is 9.59 Å². The number of hydrogen-bond donors (Lipinski definition) is 3. The normalized spacial score (nSPS) is 12.8. The fourth-order valence-electron chi connectivity index (χ4n) is 1.76. The van der Waals surface area contributed by atoms with Gasteiger partial charge in [0.1, 0.15) is 0 Å². The van der Waals surface area contributed by atoms with Crippen molar-refractivity contribution in [2.45, 2.75) is 33.2 Å². The van der Waals surface area contributed by atoms with Crippen LogP contribution in [0.5, 0.6) is 0 Å². The Morgan fingerprint density at radius 3 is 2.55 bits per heavy atom. The summed E-state index contributed by atoms with van der Waals surface area (Å²) in [7, 11) is 0. The van der Waals surface area contributed by atoms with Gasteiger partial charge in [0.2, 0.25) is 11.8 Å². The van der Waals surface area contributed by atoms with Gasteiger partial charge in [0.15, 0.2) is 0 Å². The number of carbonyl (C=O) groups excluding carboxylic acids is 2. The van der Waals surface area contributed by atoms with Crippen LogP contribution in [0.4, 0.5) is 5.69 Å². The molecule has 22 heavy (non-hydrogen) atoms. The molecule has 2 atom stereocenters. The van der Waals surface area contributed by atoms with Crippen molar-refractivity contribution in [2.24, 2.45) is 11.7 Å². The minimum Gasteiger partial charge on any atom is -0.346 e. The largest absolute Gasteiger partial charge is 0.346 e. The molecule has 7 heteroatoms. The number of halogens is 2. The van der Waals surface area contributed by atoms with Gasteiger partial charge in [-0.25, -0.2) is 0 Å². The Labute approximate surface area is 145 Å². The average Bonchev–Trinajstić information content (AvgIpc) is 2.46. The standard InChI is InChI=1S/C15H22BrN3O2.ClH/c1-4-9(2)14(17)15(21)18-8-13(20)19-12-6-5-11(16)7-10(12)3;/h5-7,9,14H,4,8,17H2,1-3H3,(H,18,21)(H,19,20);1H. The molecule has 0 aliphatic carbocycles. The predicted octanol–water partition coefficient (Wildman–Crippen LogP) is 2.61. The first kappa shape index (κ1) is 20.9. The maximum Gasteiger partial charge on any atom is 0.243 e. The summed E-state index contributed by atoms with van der Waals surface area (Å²) >= 11 is 3.36. The monoisotopic (exact) mass is 391 g/mol. The van der Waals surface area contributed by atoms with Crippen molar-refractivity contribution in [3.63, 3.8) is 0 Å². The van der Waals surface area contributed by atoms with Gasteiger partial charge in [-0.2, -0.15) is 0 Å². The molecule has 0 heterocycles. The number of nitrogens with two attached hydrogens (primary N) is 1. The van der Waals surface area contributed by atoms with Crippen LogP contribution in [-0.2, 0) is 9.59 Å². The number of amides is 2. The van der Waals surface area contributed by atoms with E-state index >= 15 is 0 Å². The lowest BCUT2D eigenvalue weighted by atomic mass is 9.99. The lowest BCUT2D eigenvalue weighted by molar-refractivity contribution is -0.125. The lowest BCUT2D eigenvalue weighted by Crippen LogP contribution is -2.46. The van der Waals surface area contributed by atoms with Crippen LogP contribution in [0.2, 0.25) is 0 Å². The molecule has 0 radical (unpaired) electrons. The quantitative estimate of drug-likeness (QED) is 0.696. The van der Waals surface area contributed by atoms with Gasteiger partial charge in [-0.1, -0.05) is 36.2 Å². The molecule has 2 unspecified atom stereocenters. The van der Waals surface area contributed by atoms with Crippen molar-refractivity contribution in [3.05, 3.63) is 28.2 Å². The van der Waals surface area contributed by atoms with Gasteiger partial charge in [-0.05, 0) is 36.6 Å². The number of hydrogen-bond acceptors (Lipinski definition) is 3. The minimum absolute atomic E-state index is 0. The second-order valence-corrected chi connectivity index (χ2v) is 6.05. The van der Waals surface area contributed by atoms with Crippen molar-refractivity contribution in [1.29, 1.82) is 0 Å². The molecule has 124 valence electrons. The summed E-state index contributed by atoms with van der Waals surface area (Å²) in [5.74, 6) is -0.487. The van der Waals surface area contributed by atoms with Crippen LogP contribution in [0.25, 0.3) is 0 Å². The van der Waals surface area contributed by atoms with Crippen molar-refractivity contribution >= 4 is 45.8 Å². The molecule has 4 N–H and O–H groups in total. The molecule has 1 aromatic carbocycles. The fraction of sp³-hybridized carbons (Fsp3) is 0.467. The first-order valence-corrected chi connectivity index (χ1v) is 7.73. The second kappa shape index (κ2) is 9.82. The Morgan fingerprint density at radius 2 is 2.00 bits per heavy atom. The van der Waals surface area contributed by atoms with E-state index in [1.807, 2.05) is 39.0 Å². The SMILES string of the molecule is CCC(C)C(N)C(=O)NCC(=O)Nc1ccc(Br)cc1C.Cl. The molecule has 0 saturated heterocycles. The molecule has 2 amide bonds. The molecule has 0 aromatic heterocycles. The number of carbonyl (C=O) groups is 2. The Kier molecular flexibility index (Phi) is 9.32. The highest BCUT2D eigenvalue weighted by atomic mass is 79.9. The van der Waals surface area contributed by atoms with Crippen molar-refractivity contribution in [1.82, 2.24) is 5.32 Å². The highest BCUT2D eigenvalue weighted by molar-refractivity contribution is 9.10. The summed E-state index contributed by atoms with van der Waals surface area (Å²) in [6, 6.07) is 4.98. The first-order chi connectivity index (χ1) is 9.85. The van der Waals surface area contributed by atoms with Crippen LogP contribution in [-0.4, -0.2) is 24.4 Å². The highest BCUT2D eigenvalue weighted by Crippen LogP contribution is 2.19. The maximum atomic E-state index is 11.8. The van der Waals surface area contributed by atoms with Crippen LogP contribution >= 0.6 is 28.3 Å². The van der Waals surface area contributed by atoms with Gasteiger partial charge in [-0.15, -0.1) is 12.4 Å². The van der Waals surface area contributed by atoms with Gasteiger partial charge in [0.05, 0.1) is 12.6 Å². The van der Waals surface area contributed by atoms with E-state index < -0.39 is 6.04 Å². The zero-order chi connectivity index (χ0) is 16.0. The molecule has 1 rings (SSSR count). The van der Waals surface area contributed by atoms with Gasteiger partial charge < -0.3 is 16.4 Å². The van der Waals surface area contributed by atoms with Crippen LogP contribution < -0.4 is 16.4 Å². The maximum absolute atomic E-state index is 11.8. The van der Waals surface area contributed by atoms with E-state index in [1.165, 1.54) is 0 Å². The number of benzene rings is 1. The van der Waals surface area contributed by atoms with Crippen molar-refractivity contribution < 1.29 is 9.59 Å². The third kappa shape index (κ3) is 6.34. The third-order valence-corrected chi connectivity index (χ3v) is 3.94. The van der Waals surface area contributed by atoms with E-state index in [-0.39, 0.29) is 36.7 Å². The molecule has 0 spiro atoms. The first-order valence-electron chi connectivity index (χ1n) is 6.94. The molecule has 0 bridgehead atoms. The Balaban J connectivity index is 0.00000441. The Bertz CT molecular complexity index is 526. The molecule has 0 aliphatic rings. The van der Waals surface area contributed by atoms with Crippen LogP contribution in [0.15, 0.2) is 22.7 Å². The summed E-state index contributed by atoms with van der Waals surface area (Å²) in [6.45, 7) is 5.70. The average molecular weight is 393 g/mol. The number of rotatable bonds is 6. The lowest BCUT2D eigenvalue weighted by Gasteiger charge is -2.17. The summed E-state index contributed by atoms with van der Waals surface area (Å²) in [6.07, 6.45) is 0.818. The van der Waals surface area contributed by atoms with E-state index in [4.69, 9.17) is 5.73 Å². The highest BCUT2D eigenvalue weighted by Gasteiger charge is 2.19. The summed E-state index contributed by atoms with van der Waals surface area (Å²) in [4.78, 5) is 23.6.